The summed E-state index contributed by atoms with van der Waals surface area (Å²) >= 11 is 0. The van der Waals surface area contributed by atoms with Crippen LogP contribution in [0.1, 0.15) is 64.7 Å². The van der Waals surface area contributed by atoms with E-state index in [2.05, 4.69) is 6.92 Å². The molecule has 0 aromatic heterocycles. The van der Waals surface area contributed by atoms with Gasteiger partial charge in [0.15, 0.2) is 0 Å². The molecule has 0 heterocycles. The number of aliphatic hydroxyl groups is 2. The lowest BCUT2D eigenvalue weighted by molar-refractivity contribution is -0.0913. The summed E-state index contributed by atoms with van der Waals surface area (Å²) in [5.74, 6) is 4.26. The summed E-state index contributed by atoms with van der Waals surface area (Å²) in [6.45, 7) is 2.36. The van der Waals surface area contributed by atoms with Crippen LogP contribution in [0.4, 0.5) is 0 Å². The van der Waals surface area contributed by atoms with Gasteiger partial charge in [0.25, 0.3) is 0 Å². The first-order valence-electron chi connectivity index (χ1n) is 8.95. The Labute approximate surface area is 123 Å². The molecule has 20 heavy (non-hydrogen) atoms. The molecule has 0 amide bonds. The Hall–Kier alpha value is -0.0800. The van der Waals surface area contributed by atoms with E-state index in [1.54, 1.807) is 0 Å². The third-order valence-electron chi connectivity index (χ3n) is 7.88. The SMILES string of the molecule is C[C@]12CC[C@H]3[C@@H](CC[C@@H]4C[C@H](O)CC[C@@H]43)[C@@H]1CC[C@@H]2O. The maximum absolute atomic E-state index is 10.4. The van der Waals surface area contributed by atoms with Gasteiger partial charge in [-0.25, -0.2) is 0 Å². The number of hydrogen-bond donors (Lipinski definition) is 2. The topological polar surface area (TPSA) is 40.5 Å². The molecule has 4 rings (SSSR count). The van der Waals surface area contributed by atoms with Crippen molar-refractivity contribution in [3.05, 3.63) is 0 Å². The minimum Gasteiger partial charge on any atom is -0.393 e. The van der Waals surface area contributed by atoms with Crippen molar-refractivity contribution in [2.75, 3.05) is 0 Å². The predicted molar refractivity (Wildman–Crippen MR) is 79.1 cm³/mol. The Kier molecular flexibility index (Phi) is 3.20. The quantitative estimate of drug-likeness (QED) is 0.713. The fourth-order valence-corrected chi connectivity index (χ4v) is 6.80. The van der Waals surface area contributed by atoms with Crippen LogP contribution in [0.2, 0.25) is 0 Å². The van der Waals surface area contributed by atoms with E-state index in [4.69, 9.17) is 0 Å². The second-order valence-corrected chi connectivity index (χ2v) is 8.54. The molecule has 114 valence electrons. The minimum atomic E-state index is -0.0423. The first kappa shape index (κ1) is 13.6. The van der Waals surface area contributed by atoms with E-state index in [0.29, 0.717) is 0 Å². The Morgan fingerprint density at radius 1 is 0.800 bits per heavy atom. The average molecular weight is 278 g/mol. The molecule has 2 heteroatoms. The molecule has 0 spiro atoms. The number of aliphatic hydroxyl groups excluding tert-OH is 2. The van der Waals surface area contributed by atoms with Gasteiger partial charge in [0.2, 0.25) is 0 Å². The van der Waals surface area contributed by atoms with E-state index in [9.17, 15) is 10.2 Å². The van der Waals surface area contributed by atoms with Gasteiger partial charge in [0, 0.05) is 0 Å². The lowest BCUT2D eigenvalue weighted by atomic mass is 9.50. The summed E-state index contributed by atoms with van der Waals surface area (Å²) in [6, 6.07) is 0. The second kappa shape index (κ2) is 4.71. The first-order chi connectivity index (χ1) is 9.59. The van der Waals surface area contributed by atoms with Crippen molar-refractivity contribution >= 4 is 0 Å². The van der Waals surface area contributed by atoms with Crippen LogP contribution in [0.3, 0.4) is 0 Å². The summed E-state index contributed by atoms with van der Waals surface area (Å²) in [7, 11) is 0. The van der Waals surface area contributed by atoms with Crippen molar-refractivity contribution < 1.29 is 10.2 Å². The number of rotatable bonds is 0. The lowest BCUT2D eigenvalue weighted by Gasteiger charge is -2.55. The van der Waals surface area contributed by atoms with Gasteiger partial charge >= 0.3 is 0 Å². The first-order valence-corrected chi connectivity index (χ1v) is 8.95. The third-order valence-corrected chi connectivity index (χ3v) is 7.88. The maximum Gasteiger partial charge on any atom is 0.0596 e. The van der Waals surface area contributed by atoms with Gasteiger partial charge < -0.3 is 10.2 Å². The summed E-state index contributed by atoms with van der Waals surface area (Å²) in [6.07, 6.45) is 10.9. The van der Waals surface area contributed by atoms with Crippen molar-refractivity contribution in [1.29, 1.82) is 0 Å². The summed E-state index contributed by atoms with van der Waals surface area (Å²) < 4.78 is 0. The van der Waals surface area contributed by atoms with Gasteiger partial charge in [0.05, 0.1) is 12.2 Å². The van der Waals surface area contributed by atoms with Crippen molar-refractivity contribution in [3.63, 3.8) is 0 Å². The van der Waals surface area contributed by atoms with E-state index < -0.39 is 0 Å². The molecule has 2 N–H and O–H groups in total. The zero-order valence-electron chi connectivity index (χ0n) is 12.8. The molecule has 0 radical (unpaired) electrons. The van der Waals surface area contributed by atoms with E-state index in [1.807, 2.05) is 0 Å². The second-order valence-electron chi connectivity index (χ2n) is 8.54. The van der Waals surface area contributed by atoms with Gasteiger partial charge in [-0.05, 0) is 92.8 Å². The van der Waals surface area contributed by atoms with E-state index in [-0.39, 0.29) is 17.6 Å². The van der Waals surface area contributed by atoms with Crippen LogP contribution in [-0.4, -0.2) is 22.4 Å². The Morgan fingerprint density at radius 2 is 1.60 bits per heavy atom. The zero-order chi connectivity index (χ0) is 13.9. The molecule has 0 bridgehead atoms. The highest BCUT2D eigenvalue weighted by atomic mass is 16.3. The third kappa shape index (κ3) is 1.83. The van der Waals surface area contributed by atoms with Crippen molar-refractivity contribution in [2.24, 2.45) is 35.0 Å². The highest BCUT2D eigenvalue weighted by molar-refractivity contribution is 5.06. The Balaban J connectivity index is 1.57. The van der Waals surface area contributed by atoms with Crippen LogP contribution in [0.15, 0.2) is 0 Å². The number of hydrogen-bond acceptors (Lipinski definition) is 2. The monoisotopic (exact) mass is 278 g/mol. The summed E-state index contributed by atoms with van der Waals surface area (Å²) in [5.41, 5.74) is 0.224. The van der Waals surface area contributed by atoms with Gasteiger partial charge in [-0.3, -0.25) is 0 Å². The molecular formula is C18H30O2. The molecule has 4 fully saturated rings. The van der Waals surface area contributed by atoms with Gasteiger partial charge in [0.1, 0.15) is 0 Å². The highest BCUT2D eigenvalue weighted by Gasteiger charge is 2.56. The highest BCUT2D eigenvalue weighted by Crippen LogP contribution is 2.62. The van der Waals surface area contributed by atoms with Crippen LogP contribution in [0, 0.1) is 35.0 Å². The normalized spacial score (nSPS) is 58.6. The summed E-state index contributed by atoms with van der Waals surface area (Å²) in [5, 5.41) is 20.3. The molecule has 4 aliphatic rings. The van der Waals surface area contributed by atoms with Crippen LogP contribution in [0.5, 0.6) is 0 Å². The smallest absolute Gasteiger partial charge is 0.0596 e. The van der Waals surface area contributed by atoms with Crippen LogP contribution < -0.4 is 0 Å². The lowest BCUT2D eigenvalue weighted by Crippen LogP contribution is -2.49. The molecule has 0 aromatic rings. The molecule has 2 nitrogen and oxygen atoms in total. The predicted octanol–water partition coefficient (Wildman–Crippen LogP) is 3.36. The standard InChI is InChI=1S/C18H30O2/c1-18-9-8-14-13-5-3-12(19)10-11(13)2-4-15(14)16(18)6-7-17(18)20/h11-17,19-20H,2-10H2,1H3/t11-,12-,13+,14-,15-,16+,17+,18+/m1/s1. The fraction of sp³-hybridized carbons (Fsp3) is 1.00. The van der Waals surface area contributed by atoms with Gasteiger partial charge in [-0.15, -0.1) is 0 Å². The van der Waals surface area contributed by atoms with Crippen LogP contribution in [-0.2, 0) is 0 Å². The van der Waals surface area contributed by atoms with E-state index in [1.165, 1.54) is 38.5 Å². The van der Waals surface area contributed by atoms with Crippen molar-refractivity contribution in [2.45, 2.75) is 76.9 Å². The molecule has 4 aliphatic carbocycles. The molecular weight excluding hydrogens is 248 g/mol. The average Bonchev–Trinajstić information content (AvgIpc) is 2.74. The minimum absolute atomic E-state index is 0.0186. The number of fused-ring (bicyclic) bond motifs is 5. The molecule has 8 atom stereocenters. The maximum atomic E-state index is 10.4. The van der Waals surface area contributed by atoms with Gasteiger partial charge in [-0.1, -0.05) is 6.92 Å². The Bertz CT molecular complexity index is 382. The van der Waals surface area contributed by atoms with Crippen LogP contribution >= 0.6 is 0 Å². The Morgan fingerprint density at radius 3 is 2.45 bits per heavy atom. The zero-order valence-corrected chi connectivity index (χ0v) is 12.8. The van der Waals surface area contributed by atoms with Crippen LogP contribution in [0.25, 0.3) is 0 Å². The largest absolute Gasteiger partial charge is 0.393 e. The van der Waals surface area contributed by atoms with E-state index in [0.717, 1.165) is 48.9 Å². The van der Waals surface area contributed by atoms with Gasteiger partial charge in [-0.2, -0.15) is 0 Å². The van der Waals surface area contributed by atoms with Crippen molar-refractivity contribution in [1.82, 2.24) is 0 Å². The molecule has 0 aliphatic heterocycles. The van der Waals surface area contributed by atoms with E-state index >= 15 is 0 Å². The van der Waals surface area contributed by atoms with Crippen molar-refractivity contribution in [3.8, 4) is 0 Å². The summed E-state index contributed by atoms with van der Waals surface area (Å²) in [4.78, 5) is 0. The molecule has 0 unspecified atom stereocenters. The molecule has 0 aromatic carbocycles. The molecule has 0 saturated heterocycles. The fourth-order valence-electron chi connectivity index (χ4n) is 6.80. The molecule has 4 saturated carbocycles.